The second-order valence-electron chi connectivity index (χ2n) is 5.63. The number of hydrogen-bond donors (Lipinski definition) is 1. The molecule has 0 bridgehead atoms. The first-order valence-electron chi connectivity index (χ1n) is 7.44. The van der Waals surface area contributed by atoms with Crippen LogP contribution >= 0.6 is 0 Å². The third-order valence-corrected chi connectivity index (χ3v) is 3.70. The fourth-order valence-electron chi connectivity index (χ4n) is 2.36. The molecule has 7 heteroatoms. The molecule has 0 saturated carbocycles. The van der Waals surface area contributed by atoms with Gasteiger partial charge in [-0.15, -0.1) is 0 Å². The van der Waals surface area contributed by atoms with Crippen LogP contribution in [0, 0.1) is 6.92 Å². The molecule has 0 aliphatic heterocycles. The first-order valence-corrected chi connectivity index (χ1v) is 7.44. The highest BCUT2D eigenvalue weighted by Crippen LogP contribution is 2.20. The molecule has 1 N–H and O–H groups in total. The van der Waals surface area contributed by atoms with Gasteiger partial charge in [-0.1, -0.05) is 22.8 Å². The maximum atomic E-state index is 5.51. The monoisotopic (exact) mass is 312 g/mol. The van der Waals surface area contributed by atoms with Crippen molar-refractivity contribution >= 4 is 5.95 Å². The van der Waals surface area contributed by atoms with Crippen molar-refractivity contribution in [1.82, 2.24) is 25.1 Å². The largest absolute Gasteiger partial charge is 0.468 e. The van der Waals surface area contributed by atoms with Crippen molar-refractivity contribution in [2.45, 2.75) is 13.0 Å². The van der Waals surface area contributed by atoms with E-state index in [1.54, 1.807) is 10.9 Å². The number of nitrogens with one attached hydrogen (secondary N) is 1. The van der Waals surface area contributed by atoms with Crippen LogP contribution in [0.1, 0.15) is 17.4 Å². The summed E-state index contributed by atoms with van der Waals surface area (Å²) >= 11 is 0. The molecule has 3 rings (SSSR count). The molecule has 0 amide bonds. The SMILES string of the molecule is Cc1ccc(-n2nnnc2NC[C@@H](c2ccco2)N(C)C)cc1. The Morgan fingerprint density at radius 2 is 2.00 bits per heavy atom. The van der Waals surface area contributed by atoms with E-state index in [0.717, 1.165) is 11.4 Å². The van der Waals surface area contributed by atoms with E-state index in [1.807, 2.05) is 57.4 Å². The van der Waals surface area contributed by atoms with Crippen molar-refractivity contribution in [1.29, 1.82) is 0 Å². The van der Waals surface area contributed by atoms with Crippen LogP contribution in [-0.4, -0.2) is 45.7 Å². The molecular formula is C16H20N6O. The summed E-state index contributed by atoms with van der Waals surface area (Å²) in [6.07, 6.45) is 1.68. The van der Waals surface area contributed by atoms with Gasteiger partial charge in [0.1, 0.15) is 5.76 Å². The second kappa shape index (κ2) is 6.62. The highest BCUT2D eigenvalue weighted by atomic mass is 16.3. The number of hydrogen-bond acceptors (Lipinski definition) is 6. The lowest BCUT2D eigenvalue weighted by Gasteiger charge is -2.22. The van der Waals surface area contributed by atoms with Crippen LogP contribution < -0.4 is 5.32 Å². The summed E-state index contributed by atoms with van der Waals surface area (Å²) < 4.78 is 7.20. The van der Waals surface area contributed by atoms with Gasteiger partial charge in [-0.25, -0.2) is 0 Å². The number of rotatable bonds is 6. The number of benzene rings is 1. The molecule has 0 unspecified atom stereocenters. The fourth-order valence-corrected chi connectivity index (χ4v) is 2.36. The topological polar surface area (TPSA) is 72.0 Å². The molecule has 1 atom stereocenters. The molecule has 2 heterocycles. The lowest BCUT2D eigenvalue weighted by molar-refractivity contribution is 0.269. The molecule has 1 aromatic carbocycles. The summed E-state index contributed by atoms with van der Waals surface area (Å²) in [5, 5.41) is 15.2. The smallest absolute Gasteiger partial charge is 0.247 e. The van der Waals surface area contributed by atoms with Crippen molar-refractivity contribution in [2.75, 3.05) is 26.0 Å². The van der Waals surface area contributed by atoms with Crippen LogP contribution in [0.5, 0.6) is 0 Å². The van der Waals surface area contributed by atoms with Crippen molar-refractivity contribution in [3.8, 4) is 5.69 Å². The predicted molar refractivity (Wildman–Crippen MR) is 87.5 cm³/mol. The molecule has 23 heavy (non-hydrogen) atoms. The highest BCUT2D eigenvalue weighted by Gasteiger charge is 2.18. The molecule has 0 radical (unpaired) electrons. The quantitative estimate of drug-likeness (QED) is 0.753. The van der Waals surface area contributed by atoms with E-state index in [2.05, 4.69) is 25.7 Å². The maximum Gasteiger partial charge on any atom is 0.247 e. The van der Waals surface area contributed by atoms with E-state index in [1.165, 1.54) is 5.56 Å². The van der Waals surface area contributed by atoms with Crippen molar-refractivity contribution < 1.29 is 4.42 Å². The number of tetrazole rings is 1. The van der Waals surface area contributed by atoms with Crippen LogP contribution in [0.3, 0.4) is 0 Å². The number of nitrogens with zero attached hydrogens (tertiary/aromatic N) is 5. The maximum absolute atomic E-state index is 5.51. The summed E-state index contributed by atoms with van der Waals surface area (Å²) in [7, 11) is 4.02. The third-order valence-electron chi connectivity index (χ3n) is 3.70. The first kappa shape index (κ1) is 15.2. The molecule has 2 aromatic heterocycles. The lowest BCUT2D eigenvalue weighted by Crippen LogP contribution is -2.27. The van der Waals surface area contributed by atoms with Crippen molar-refractivity contribution in [3.63, 3.8) is 0 Å². The Balaban J connectivity index is 1.76. The Morgan fingerprint density at radius 3 is 2.65 bits per heavy atom. The molecule has 120 valence electrons. The van der Waals surface area contributed by atoms with Crippen LogP contribution in [0.2, 0.25) is 0 Å². The summed E-state index contributed by atoms with van der Waals surface area (Å²) in [6, 6.07) is 12.0. The van der Waals surface area contributed by atoms with Crippen molar-refractivity contribution in [3.05, 3.63) is 54.0 Å². The Bertz CT molecular complexity index is 732. The summed E-state index contributed by atoms with van der Waals surface area (Å²) in [4.78, 5) is 2.09. The Kier molecular flexibility index (Phi) is 4.38. The van der Waals surface area contributed by atoms with Gasteiger partial charge >= 0.3 is 0 Å². The van der Waals surface area contributed by atoms with Crippen LogP contribution in [0.15, 0.2) is 47.1 Å². The van der Waals surface area contributed by atoms with Gasteiger partial charge in [0.05, 0.1) is 18.0 Å². The molecule has 0 fully saturated rings. The minimum absolute atomic E-state index is 0.0909. The van der Waals surface area contributed by atoms with E-state index in [9.17, 15) is 0 Å². The highest BCUT2D eigenvalue weighted by molar-refractivity contribution is 5.40. The Labute approximate surface area is 134 Å². The van der Waals surface area contributed by atoms with Crippen LogP contribution in [0.25, 0.3) is 5.69 Å². The number of aromatic nitrogens is 4. The van der Waals surface area contributed by atoms with Crippen LogP contribution in [-0.2, 0) is 0 Å². The van der Waals surface area contributed by atoms with Gasteiger partial charge < -0.3 is 9.73 Å². The number of furan rings is 1. The van der Waals surface area contributed by atoms with E-state index in [4.69, 9.17) is 4.42 Å². The summed E-state index contributed by atoms with van der Waals surface area (Å²) in [5.74, 6) is 1.50. The van der Waals surface area contributed by atoms with Gasteiger partial charge in [-0.2, -0.15) is 4.68 Å². The minimum atomic E-state index is 0.0909. The molecule has 3 aromatic rings. The van der Waals surface area contributed by atoms with Crippen molar-refractivity contribution in [2.24, 2.45) is 0 Å². The third kappa shape index (κ3) is 3.40. The first-order chi connectivity index (χ1) is 11.1. The number of likely N-dealkylation sites (N-methyl/N-ethyl adjacent to an activating group) is 1. The fraction of sp³-hybridized carbons (Fsp3) is 0.312. The van der Waals surface area contributed by atoms with E-state index < -0.39 is 0 Å². The van der Waals surface area contributed by atoms with E-state index in [0.29, 0.717) is 12.5 Å². The zero-order valence-electron chi connectivity index (χ0n) is 13.5. The molecule has 0 saturated heterocycles. The summed E-state index contributed by atoms with van der Waals surface area (Å²) in [5.41, 5.74) is 2.12. The lowest BCUT2D eigenvalue weighted by atomic mass is 10.2. The van der Waals surface area contributed by atoms with E-state index in [-0.39, 0.29) is 6.04 Å². The second-order valence-corrected chi connectivity index (χ2v) is 5.63. The van der Waals surface area contributed by atoms with Gasteiger partial charge in [0, 0.05) is 6.54 Å². The normalized spacial score (nSPS) is 12.5. The number of aryl methyl sites for hydroxylation is 1. The Morgan fingerprint density at radius 1 is 1.22 bits per heavy atom. The predicted octanol–water partition coefficient (Wildman–Crippen LogP) is 2.28. The average molecular weight is 312 g/mol. The summed E-state index contributed by atoms with van der Waals surface area (Å²) in [6.45, 7) is 2.68. The zero-order valence-corrected chi connectivity index (χ0v) is 13.5. The van der Waals surface area contributed by atoms with E-state index >= 15 is 0 Å². The molecular weight excluding hydrogens is 292 g/mol. The van der Waals surface area contributed by atoms with Gasteiger partial charge in [-0.3, -0.25) is 4.90 Å². The molecule has 0 aliphatic carbocycles. The van der Waals surface area contributed by atoms with Crippen LogP contribution in [0.4, 0.5) is 5.95 Å². The minimum Gasteiger partial charge on any atom is -0.468 e. The Hall–Kier alpha value is -2.67. The van der Waals surface area contributed by atoms with Gasteiger partial charge in [-0.05, 0) is 55.7 Å². The van der Waals surface area contributed by atoms with Gasteiger partial charge in [0.15, 0.2) is 0 Å². The van der Waals surface area contributed by atoms with Gasteiger partial charge in [0.2, 0.25) is 5.95 Å². The molecule has 0 spiro atoms. The molecule has 7 nitrogen and oxygen atoms in total. The van der Waals surface area contributed by atoms with Gasteiger partial charge in [0.25, 0.3) is 0 Å². The average Bonchev–Trinajstić information content (AvgIpc) is 3.20. The molecule has 0 aliphatic rings. The zero-order chi connectivity index (χ0) is 16.2. The number of anilines is 1. The standard InChI is InChI=1S/C16H20N6O/c1-12-6-8-13(9-7-12)22-16(18-19-20-22)17-11-14(21(2)3)15-5-4-10-23-15/h4-10,14H,11H2,1-3H3,(H,17,18,20)/t14-/m0/s1.